The summed E-state index contributed by atoms with van der Waals surface area (Å²) in [5, 5.41) is 12.3. The molecule has 0 radical (unpaired) electrons. The first-order chi connectivity index (χ1) is 13.2. The summed E-state index contributed by atoms with van der Waals surface area (Å²) in [6.07, 6.45) is 8.83. The smallest absolute Gasteiger partial charge is 0.251 e. The minimum Gasteiger partial charge on any atom is -0.349 e. The van der Waals surface area contributed by atoms with E-state index in [1.165, 1.54) is 24.1 Å². The second-order valence-electron chi connectivity index (χ2n) is 7.97. The third-order valence-corrected chi connectivity index (χ3v) is 6.48. The van der Waals surface area contributed by atoms with Gasteiger partial charge in [0.2, 0.25) is 0 Å². The zero-order valence-electron chi connectivity index (χ0n) is 15.3. The molecule has 1 N–H and O–H groups in total. The summed E-state index contributed by atoms with van der Waals surface area (Å²) in [7, 11) is 0. The number of halogens is 1. The van der Waals surface area contributed by atoms with Gasteiger partial charge in [-0.05, 0) is 55.9 Å². The van der Waals surface area contributed by atoms with Crippen LogP contribution in [0, 0.1) is 11.8 Å². The minimum absolute atomic E-state index is 0.0204. The summed E-state index contributed by atoms with van der Waals surface area (Å²) in [6.45, 7) is 2.14. The Morgan fingerprint density at radius 1 is 1.33 bits per heavy atom. The lowest BCUT2D eigenvalue weighted by molar-refractivity contribution is 0.0930. The highest BCUT2D eigenvalue weighted by molar-refractivity contribution is 6.30. The van der Waals surface area contributed by atoms with Crippen LogP contribution in [0.5, 0.6) is 0 Å². The van der Waals surface area contributed by atoms with Gasteiger partial charge in [-0.25, -0.2) is 4.68 Å². The highest BCUT2D eigenvalue weighted by Crippen LogP contribution is 2.58. The summed E-state index contributed by atoms with van der Waals surface area (Å²) in [4.78, 5) is 12.6. The summed E-state index contributed by atoms with van der Waals surface area (Å²) in [5.41, 5.74) is 3.44. The normalized spacial score (nSPS) is 27.0. The Labute approximate surface area is 163 Å². The van der Waals surface area contributed by atoms with Crippen molar-refractivity contribution in [3.05, 3.63) is 58.4 Å². The molecule has 27 heavy (non-hydrogen) atoms. The fourth-order valence-corrected chi connectivity index (χ4v) is 4.72. The van der Waals surface area contributed by atoms with Gasteiger partial charge in [-0.15, -0.1) is 5.10 Å². The molecule has 2 saturated carbocycles. The molecule has 1 heterocycles. The van der Waals surface area contributed by atoms with Crippen LogP contribution in [0.25, 0.3) is 0 Å². The van der Waals surface area contributed by atoms with Gasteiger partial charge in [0, 0.05) is 28.5 Å². The predicted octanol–water partition coefficient (Wildman–Crippen LogP) is 4.13. The molecule has 3 aliphatic rings. The van der Waals surface area contributed by atoms with E-state index in [2.05, 4.69) is 33.3 Å². The number of nitrogens with one attached hydrogen (secondary N) is 1. The topological polar surface area (TPSA) is 59.8 Å². The number of allylic oxidation sites excluding steroid dienone is 1. The van der Waals surface area contributed by atoms with E-state index in [1.807, 2.05) is 6.20 Å². The van der Waals surface area contributed by atoms with Crippen LogP contribution in [-0.4, -0.2) is 26.9 Å². The molecule has 0 saturated heterocycles. The number of aromatic nitrogens is 3. The summed E-state index contributed by atoms with van der Waals surface area (Å²) >= 11 is 5.91. The van der Waals surface area contributed by atoms with Gasteiger partial charge < -0.3 is 5.32 Å². The second-order valence-corrected chi connectivity index (χ2v) is 8.41. The van der Waals surface area contributed by atoms with Crippen LogP contribution in [0.1, 0.15) is 60.6 Å². The molecule has 1 unspecified atom stereocenters. The number of hydrogen-bond donors (Lipinski definition) is 1. The molecule has 3 aliphatic carbocycles. The van der Waals surface area contributed by atoms with Crippen molar-refractivity contribution >= 4 is 17.5 Å². The molecule has 0 bridgehead atoms. The highest BCUT2D eigenvalue weighted by Gasteiger charge is 2.53. The Balaban J connectivity index is 1.26. The van der Waals surface area contributed by atoms with Crippen LogP contribution in [0.4, 0.5) is 0 Å². The van der Waals surface area contributed by atoms with E-state index in [0.717, 1.165) is 12.8 Å². The molecule has 1 amide bonds. The quantitative estimate of drug-likeness (QED) is 0.764. The minimum atomic E-state index is -0.0204. The summed E-state index contributed by atoms with van der Waals surface area (Å²) in [5.74, 6) is 1.68. The Morgan fingerprint density at radius 2 is 2.11 bits per heavy atom. The van der Waals surface area contributed by atoms with E-state index >= 15 is 0 Å². The largest absolute Gasteiger partial charge is 0.349 e. The fourth-order valence-electron chi connectivity index (χ4n) is 4.59. The van der Waals surface area contributed by atoms with E-state index in [-0.39, 0.29) is 11.9 Å². The molecular formula is C21H23ClN4O. The number of hydrogen-bond acceptors (Lipinski definition) is 3. The summed E-state index contributed by atoms with van der Waals surface area (Å²) < 4.78 is 2.13. The molecule has 1 aromatic carbocycles. The van der Waals surface area contributed by atoms with Crippen molar-refractivity contribution < 1.29 is 4.79 Å². The van der Waals surface area contributed by atoms with Crippen LogP contribution >= 0.6 is 11.6 Å². The Hall–Kier alpha value is -2.14. The maximum absolute atomic E-state index is 12.6. The lowest BCUT2D eigenvalue weighted by atomic mass is 10.0. The Morgan fingerprint density at radius 3 is 2.74 bits per heavy atom. The zero-order valence-corrected chi connectivity index (χ0v) is 16.1. The maximum atomic E-state index is 12.6. The maximum Gasteiger partial charge on any atom is 0.251 e. The Kier molecular flexibility index (Phi) is 4.08. The van der Waals surface area contributed by atoms with Crippen molar-refractivity contribution in [1.82, 2.24) is 20.3 Å². The highest BCUT2D eigenvalue weighted by atomic mass is 35.5. The van der Waals surface area contributed by atoms with E-state index in [0.29, 0.717) is 34.4 Å². The van der Waals surface area contributed by atoms with Crippen molar-refractivity contribution in [2.45, 2.75) is 50.6 Å². The van der Waals surface area contributed by atoms with Crippen LogP contribution in [-0.2, 0) is 0 Å². The molecule has 4 atom stereocenters. The molecule has 5 rings (SSSR count). The number of benzene rings is 1. The zero-order chi connectivity index (χ0) is 18.5. The molecule has 2 fully saturated rings. The van der Waals surface area contributed by atoms with Crippen molar-refractivity contribution in [3.8, 4) is 0 Å². The van der Waals surface area contributed by atoms with Crippen LogP contribution in [0.3, 0.4) is 0 Å². The van der Waals surface area contributed by atoms with Gasteiger partial charge in [-0.1, -0.05) is 35.4 Å². The first-order valence-electron chi connectivity index (χ1n) is 9.83. The number of fused-ring (bicyclic) bond motifs is 1. The first kappa shape index (κ1) is 17.0. The van der Waals surface area contributed by atoms with E-state index < -0.39 is 0 Å². The standard InChI is InChI=1S/C21H23ClN4O/c1-2-18(24-21(27)13-5-7-14(22)8-6-13)20-16-9-15(10-17(16)20)26-19(11-23-25-26)12-3-4-12/h5-9,11-12,15,17-18,20H,2-4,10H2,1H3,(H,24,27)/t15-,17+,18?,20+/m0/s1. The van der Waals surface area contributed by atoms with Crippen LogP contribution in [0.15, 0.2) is 42.1 Å². The lowest BCUT2D eigenvalue weighted by Gasteiger charge is -2.20. The average molecular weight is 383 g/mol. The van der Waals surface area contributed by atoms with Gasteiger partial charge >= 0.3 is 0 Å². The van der Waals surface area contributed by atoms with Crippen molar-refractivity contribution in [2.75, 3.05) is 0 Å². The number of nitrogens with zero attached hydrogens (tertiary/aromatic N) is 3. The van der Waals surface area contributed by atoms with Crippen LogP contribution < -0.4 is 5.32 Å². The average Bonchev–Trinajstić information content (AvgIpc) is 3.53. The lowest BCUT2D eigenvalue weighted by Crippen LogP contribution is -2.37. The van der Waals surface area contributed by atoms with E-state index in [4.69, 9.17) is 11.6 Å². The molecule has 0 spiro atoms. The van der Waals surface area contributed by atoms with E-state index in [9.17, 15) is 4.79 Å². The molecular weight excluding hydrogens is 360 g/mol. The molecule has 6 heteroatoms. The van der Waals surface area contributed by atoms with Gasteiger partial charge in [-0.3, -0.25) is 4.79 Å². The van der Waals surface area contributed by atoms with Crippen molar-refractivity contribution in [3.63, 3.8) is 0 Å². The predicted molar refractivity (Wildman–Crippen MR) is 104 cm³/mol. The second kappa shape index (κ2) is 6.48. The van der Waals surface area contributed by atoms with Gasteiger partial charge in [0.1, 0.15) is 0 Å². The van der Waals surface area contributed by atoms with Crippen molar-refractivity contribution in [1.29, 1.82) is 0 Å². The fraction of sp³-hybridized carbons (Fsp3) is 0.476. The van der Waals surface area contributed by atoms with Gasteiger partial charge in [0.05, 0.1) is 17.9 Å². The number of carbonyl (C=O) groups excluding carboxylic acids is 1. The Bertz CT molecular complexity index is 899. The third-order valence-electron chi connectivity index (χ3n) is 6.23. The molecule has 2 aromatic rings. The molecule has 0 aliphatic heterocycles. The van der Waals surface area contributed by atoms with Crippen molar-refractivity contribution in [2.24, 2.45) is 11.8 Å². The molecule has 140 valence electrons. The van der Waals surface area contributed by atoms with Gasteiger partial charge in [0.15, 0.2) is 0 Å². The molecule has 1 aromatic heterocycles. The first-order valence-corrected chi connectivity index (χ1v) is 10.2. The number of rotatable bonds is 6. The van der Waals surface area contributed by atoms with Gasteiger partial charge in [0.25, 0.3) is 5.91 Å². The molecule has 5 nitrogen and oxygen atoms in total. The monoisotopic (exact) mass is 382 g/mol. The number of carbonyl (C=O) groups is 1. The van der Waals surface area contributed by atoms with E-state index in [1.54, 1.807) is 24.3 Å². The number of amides is 1. The van der Waals surface area contributed by atoms with Gasteiger partial charge in [-0.2, -0.15) is 0 Å². The summed E-state index contributed by atoms with van der Waals surface area (Å²) in [6, 6.07) is 7.58. The SMILES string of the molecule is CCC(NC(=O)c1ccc(Cl)cc1)[C@@H]1C2=C[C@H](n3nncc3C3CC3)C[C@H]21. The third kappa shape index (κ3) is 3.08. The van der Waals surface area contributed by atoms with Crippen LogP contribution in [0.2, 0.25) is 5.02 Å².